The summed E-state index contributed by atoms with van der Waals surface area (Å²) in [6.07, 6.45) is -4.22. The summed E-state index contributed by atoms with van der Waals surface area (Å²) in [6.45, 7) is 7.49. The normalized spacial score (nSPS) is 12.9. The van der Waals surface area contributed by atoms with Gasteiger partial charge in [0.2, 0.25) is 0 Å². The molecular formula is C23H28BrF3N4O2S. The van der Waals surface area contributed by atoms with Crippen LogP contribution in [-0.2, 0) is 10.9 Å². The van der Waals surface area contributed by atoms with Crippen LogP contribution in [0.2, 0.25) is 0 Å². The Morgan fingerprint density at radius 2 is 1.82 bits per heavy atom. The van der Waals surface area contributed by atoms with Gasteiger partial charge >= 0.3 is 12.3 Å². The number of hydrogen-bond donors (Lipinski definition) is 4. The SMILES string of the molecule is CC(C)(C)OC(=O)NCCNCCCNc1cc(C(F)(F)F)cc2c1Nc1ccc(Br)cc1S2. The van der Waals surface area contributed by atoms with Gasteiger partial charge in [0.15, 0.2) is 0 Å². The first-order valence-electron chi connectivity index (χ1n) is 10.8. The number of ether oxygens (including phenoxy) is 1. The maximum absolute atomic E-state index is 13.5. The molecule has 0 fully saturated rings. The van der Waals surface area contributed by atoms with Gasteiger partial charge in [-0.2, -0.15) is 13.2 Å². The molecule has 6 nitrogen and oxygen atoms in total. The number of fused-ring (bicyclic) bond motifs is 2. The van der Waals surface area contributed by atoms with Crippen molar-refractivity contribution in [1.29, 1.82) is 0 Å². The lowest BCUT2D eigenvalue weighted by Crippen LogP contribution is -2.36. The van der Waals surface area contributed by atoms with Crippen LogP contribution in [0, 0.1) is 0 Å². The number of rotatable bonds is 8. The highest BCUT2D eigenvalue weighted by Crippen LogP contribution is 2.50. The van der Waals surface area contributed by atoms with E-state index in [0.717, 1.165) is 21.1 Å². The number of hydrogen-bond acceptors (Lipinski definition) is 6. The van der Waals surface area contributed by atoms with Crippen molar-refractivity contribution in [1.82, 2.24) is 10.6 Å². The molecule has 0 aromatic heterocycles. The molecule has 1 aliphatic heterocycles. The molecule has 0 spiro atoms. The summed E-state index contributed by atoms with van der Waals surface area (Å²) in [5.74, 6) is 0. The standard InChI is InChI=1S/C23H28BrF3N4O2S/c1-22(2,3)33-21(32)30-10-9-28-7-4-8-29-17-11-14(23(25,26)27)12-19-20(17)31-16-6-5-15(24)13-18(16)34-19/h5-6,11-13,28-29,31H,4,7-10H2,1-3H3,(H,30,32). The average molecular weight is 561 g/mol. The Balaban J connectivity index is 1.53. The van der Waals surface area contributed by atoms with Gasteiger partial charge in [-0.15, -0.1) is 0 Å². The molecule has 3 rings (SSSR count). The Morgan fingerprint density at radius 1 is 1.06 bits per heavy atom. The van der Waals surface area contributed by atoms with Crippen molar-refractivity contribution in [3.8, 4) is 0 Å². The highest BCUT2D eigenvalue weighted by molar-refractivity contribution is 9.10. The monoisotopic (exact) mass is 560 g/mol. The lowest BCUT2D eigenvalue weighted by atomic mass is 10.1. The molecule has 1 heterocycles. The van der Waals surface area contributed by atoms with Crippen molar-refractivity contribution in [3.63, 3.8) is 0 Å². The van der Waals surface area contributed by atoms with Crippen molar-refractivity contribution < 1.29 is 22.7 Å². The topological polar surface area (TPSA) is 74.4 Å². The number of halogens is 4. The molecule has 0 aliphatic carbocycles. The van der Waals surface area contributed by atoms with Gasteiger partial charge in [-0.05, 0) is 64.1 Å². The highest BCUT2D eigenvalue weighted by atomic mass is 79.9. The van der Waals surface area contributed by atoms with E-state index in [9.17, 15) is 18.0 Å². The molecule has 1 aliphatic rings. The summed E-state index contributed by atoms with van der Waals surface area (Å²) in [5, 5.41) is 12.3. The van der Waals surface area contributed by atoms with E-state index in [1.165, 1.54) is 17.8 Å². The van der Waals surface area contributed by atoms with Gasteiger partial charge in [-0.25, -0.2) is 4.79 Å². The van der Waals surface area contributed by atoms with Crippen LogP contribution < -0.4 is 21.3 Å². The summed E-state index contributed by atoms with van der Waals surface area (Å²) >= 11 is 4.72. The fourth-order valence-corrected chi connectivity index (χ4v) is 4.81. The largest absolute Gasteiger partial charge is 0.444 e. The number of carbonyl (C=O) groups excluding carboxylic acids is 1. The molecule has 1 amide bonds. The molecular weight excluding hydrogens is 533 g/mol. The zero-order valence-electron chi connectivity index (χ0n) is 19.2. The Bertz CT molecular complexity index is 1030. The molecule has 0 saturated heterocycles. The van der Waals surface area contributed by atoms with Crippen molar-refractivity contribution in [2.24, 2.45) is 0 Å². The molecule has 0 unspecified atom stereocenters. The summed E-state index contributed by atoms with van der Waals surface area (Å²) < 4.78 is 46.5. The van der Waals surface area contributed by atoms with E-state index in [1.807, 2.05) is 18.2 Å². The summed E-state index contributed by atoms with van der Waals surface area (Å²) in [6, 6.07) is 7.99. The number of alkyl halides is 3. The summed E-state index contributed by atoms with van der Waals surface area (Å²) in [4.78, 5) is 13.0. The van der Waals surface area contributed by atoms with E-state index in [0.29, 0.717) is 48.9 Å². The first kappa shape index (κ1) is 26.5. The van der Waals surface area contributed by atoms with Gasteiger partial charge in [-0.3, -0.25) is 0 Å². The van der Waals surface area contributed by atoms with Gasteiger partial charge < -0.3 is 26.0 Å². The lowest BCUT2D eigenvalue weighted by Gasteiger charge is -2.25. The zero-order valence-corrected chi connectivity index (χ0v) is 21.6. The Kier molecular flexibility index (Phi) is 8.64. The van der Waals surface area contributed by atoms with Crippen molar-refractivity contribution in [2.45, 2.75) is 48.8 Å². The predicted octanol–water partition coefficient (Wildman–Crippen LogP) is 6.59. The Labute approximate surface area is 209 Å². The number of anilines is 3. The zero-order chi connectivity index (χ0) is 24.9. The second-order valence-corrected chi connectivity index (χ2v) is 10.7. The van der Waals surface area contributed by atoms with Crippen LogP contribution in [0.3, 0.4) is 0 Å². The van der Waals surface area contributed by atoms with Crippen molar-refractivity contribution >= 4 is 50.8 Å². The van der Waals surface area contributed by atoms with E-state index in [1.54, 1.807) is 20.8 Å². The first-order valence-corrected chi connectivity index (χ1v) is 12.4. The minimum atomic E-state index is -4.44. The van der Waals surface area contributed by atoms with Crippen molar-refractivity contribution in [3.05, 3.63) is 40.4 Å². The molecule has 0 saturated carbocycles. The third-order valence-electron chi connectivity index (χ3n) is 4.67. The number of carbonyl (C=O) groups is 1. The minimum absolute atomic E-state index is 0.414. The predicted molar refractivity (Wildman–Crippen MR) is 133 cm³/mol. The number of amides is 1. The number of benzene rings is 2. The van der Waals surface area contributed by atoms with Crippen molar-refractivity contribution in [2.75, 3.05) is 36.8 Å². The second-order valence-electron chi connectivity index (χ2n) is 8.72. The molecule has 2 aromatic rings. The molecule has 11 heteroatoms. The number of nitrogens with one attached hydrogen (secondary N) is 4. The quantitative estimate of drug-likeness (QED) is 0.233. The average Bonchev–Trinajstić information content (AvgIpc) is 2.72. The number of alkyl carbamates (subject to hydrolysis) is 1. The molecule has 4 N–H and O–H groups in total. The molecule has 34 heavy (non-hydrogen) atoms. The van der Waals surface area contributed by atoms with E-state index in [-0.39, 0.29) is 0 Å². The highest BCUT2D eigenvalue weighted by Gasteiger charge is 2.33. The van der Waals surface area contributed by atoms with Crippen LogP contribution in [0.5, 0.6) is 0 Å². The van der Waals surface area contributed by atoms with Crippen LogP contribution in [-0.4, -0.2) is 37.9 Å². The molecule has 186 valence electrons. The third-order valence-corrected chi connectivity index (χ3v) is 6.26. The van der Waals surface area contributed by atoms with Crippen LogP contribution in [0.4, 0.5) is 35.0 Å². The maximum Gasteiger partial charge on any atom is 0.416 e. The second kappa shape index (κ2) is 11.1. The van der Waals surface area contributed by atoms with Gasteiger partial charge in [0, 0.05) is 33.9 Å². The van der Waals surface area contributed by atoms with Crippen LogP contribution in [0.1, 0.15) is 32.8 Å². The molecule has 0 bridgehead atoms. The first-order chi connectivity index (χ1) is 15.9. The van der Waals surface area contributed by atoms with E-state index in [2.05, 4.69) is 37.2 Å². The smallest absolute Gasteiger partial charge is 0.416 e. The van der Waals surface area contributed by atoms with Gasteiger partial charge in [0.1, 0.15) is 5.60 Å². The van der Waals surface area contributed by atoms with Gasteiger partial charge in [0.25, 0.3) is 0 Å². The summed E-state index contributed by atoms with van der Waals surface area (Å²) in [5.41, 5.74) is 0.674. The van der Waals surface area contributed by atoms with Crippen LogP contribution in [0.25, 0.3) is 0 Å². The molecule has 0 radical (unpaired) electrons. The molecule has 0 atom stereocenters. The summed E-state index contributed by atoms with van der Waals surface area (Å²) in [7, 11) is 0. The Morgan fingerprint density at radius 3 is 2.53 bits per heavy atom. The van der Waals surface area contributed by atoms with Crippen LogP contribution >= 0.6 is 27.7 Å². The van der Waals surface area contributed by atoms with Crippen LogP contribution in [0.15, 0.2) is 44.6 Å². The fraction of sp³-hybridized carbons (Fsp3) is 0.435. The third kappa shape index (κ3) is 7.71. The van der Waals surface area contributed by atoms with E-state index in [4.69, 9.17) is 4.74 Å². The fourth-order valence-electron chi connectivity index (χ4n) is 3.19. The van der Waals surface area contributed by atoms with Gasteiger partial charge in [0.05, 0.1) is 22.6 Å². The lowest BCUT2D eigenvalue weighted by molar-refractivity contribution is -0.137. The van der Waals surface area contributed by atoms with E-state index >= 15 is 0 Å². The molecule has 2 aromatic carbocycles. The van der Waals surface area contributed by atoms with E-state index < -0.39 is 23.4 Å². The maximum atomic E-state index is 13.5. The Hall–Kier alpha value is -2.11. The van der Waals surface area contributed by atoms with Gasteiger partial charge in [-0.1, -0.05) is 27.7 Å². The minimum Gasteiger partial charge on any atom is -0.444 e.